The highest BCUT2D eigenvalue weighted by Crippen LogP contribution is 2.29. The number of aromatic nitrogens is 4. The maximum absolute atomic E-state index is 12.8. The van der Waals surface area contributed by atoms with E-state index in [1.807, 2.05) is 0 Å². The minimum Gasteiger partial charge on any atom is -0.394 e. The summed E-state index contributed by atoms with van der Waals surface area (Å²) in [5.74, 6) is 0.117. The lowest BCUT2D eigenvalue weighted by Gasteiger charge is -2.13. The van der Waals surface area contributed by atoms with Gasteiger partial charge < -0.3 is 20.3 Å². The highest BCUT2D eigenvalue weighted by Gasteiger charge is 2.35. The van der Waals surface area contributed by atoms with Crippen molar-refractivity contribution in [2.24, 2.45) is 0 Å². The highest BCUT2D eigenvalue weighted by atomic mass is 16.5. The zero-order valence-electron chi connectivity index (χ0n) is 19.5. The number of imidazole rings is 1. The van der Waals surface area contributed by atoms with Crippen LogP contribution in [0, 0.1) is 0 Å². The number of aromatic amines is 1. The molecule has 4 N–H and O–H groups in total. The Morgan fingerprint density at radius 3 is 2.42 bits per heavy atom. The van der Waals surface area contributed by atoms with Crippen molar-refractivity contribution >= 4 is 17.0 Å². The number of nitrogens with zero attached hydrogens (tertiary/aromatic N) is 3. The van der Waals surface area contributed by atoms with Gasteiger partial charge in [-0.05, 0) is 6.42 Å². The van der Waals surface area contributed by atoms with Crippen molar-refractivity contribution in [1.29, 1.82) is 0 Å². The molecule has 0 radical (unpaired) electrons. The molecule has 0 spiro atoms. The number of anilines is 1. The second-order valence-corrected chi connectivity index (χ2v) is 8.79. The van der Waals surface area contributed by atoms with Crippen molar-refractivity contribution < 1.29 is 14.9 Å². The maximum atomic E-state index is 12.8. The first kappa shape index (κ1) is 25.3. The summed E-state index contributed by atoms with van der Waals surface area (Å²) >= 11 is 0. The SMILES string of the molecule is CCCCCCCCCCCCNc1nc(=O)c2ncn([C@H]3C[C@H](O)[C@@H](CO)O3)c2c(=O)[nH]1. The van der Waals surface area contributed by atoms with Gasteiger partial charge in [-0.1, -0.05) is 64.7 Å². The predicted molar refractivity (Wildman–Crippen MR) is 126 cm³/mol. The van der Waals surface area contributed by atoms with E-state index in [2.05, 4.69) is 27.2 Å². The third-order valence-electron chi connectivity index (χ3n) is 6.17. The lowest BCUT2D eigenvalue weighted by Crippen LogP contribution is -2.24. The summed E-state index contributed by atoms with van der Waals surface area (Å²) in [6, 6.07) is 0. The Kier molecular flexibility index (Phi) is 9.83. The van der Waals surface area contributed by atoms with E-state index in [1.54, 1.807) is 0 Å². The van der Waals surface area contributed by atoms with Gasteiger partial charge in [-0.25, -0.2) is 4.98 Å². The second kappa shape index (κ2) is 12.8. The minimum atomic E-state index is -0.864. The fraction of sp³-hybridized carbons (Fsp3) is 0.739. The topological polar surface area (TPSA) is 142 Å². The van der Waals surface area contributed by atoms with E-state index in [0.29, 0.717) is 6.54 Å². The quantitative estimate of drug-likeness (QED) is 0.313. The van der Waals surface area contributed by atoms with Crippen LogP contribution in [0.2, 0.25) is 0 Å². The summed E-state index contributed by atoms with van der Waals surface area (Å²) in [7, 11) is 0. The molecular formula is C23H37N5O5. The van der Waals surface area contributed by atoms with Gasteiger partial charge in [0.15, 0.2) is 5.52 Å². The van der Waals surface area contributed by atoms with E-state index in [4.69, 9.17) is 4.74 Å². The molecule has 1 saturated heterocycles. The molecule has 3 atom stereocenters. The number of nitrogens with one attached hydrogen (secondary N) is 2. The molecule has 2 aromatic heterocycles. The third kappa shape index (κ3) is 6.84. The van der Waals surface area contributed by atoms with Crippen LogP contribution in [-0.2, 0) is 4.74 Å². The lowest BCUT2D eigenvalue weighted by atomic mass is 10.1. The molecule has 33 heavy (non-hydrogen) atoms. The Labute approximate surface area is 193 Å². The summed E-state index contributed by atoms with van der Waals surface area (Å²) in [5.41, 5.74) is -1.16. The molecule has 3 heterocycles. The fourth-order valence-corrected chi connectivity index (χ4v) is 4.26. The van der Waals surface area contributed by atoms with Crippen LogP contribution in [0.25, 0.3) is 11.0 Å². The van der Waals surface area contributed by atoms with Gasteiger partial charge in [0.2, 0.25) is 5.95 Å². The maximum Gasteiger partial charge on any atom is 0.301 e. The van der Waals surface area contributed by atoms with Gasteiger partial charge in [-0.3, -0.25) is 19.1 Å². The van der Waals surface area contributed by atoms with Crippen LogP contribution in [0.4, 0.5) is 5.95 Å². The number of hydrogen-bond donors (Lipinski definition) is 4. The van der Waals surface area contributed by atoms with Gasteiger partial charge in [0, 0.05) is 13.0 Å². The van der Waals surface area contributed by atoms with Gasteiger partial charge in [0.1, 0.15) is 17.8 Å². The van der Waals surface area contributed by atoms with Crippen molar-refractivity contribution in [3.8, 4) is 0 Å². The molecule has 0 unspecified atom stereocenters. The Morgan fingerprint density at radius 2 is 1.79 bits per heavy atom. The highest BCUT2D eigenvalue weighted by molar-refractivity contribution is 5.73. The lowest BCUT2D eigenvalue weighted by molar-refractivity contribution is -0.0431. The Morgan fingerprint density at radius 1 is 1.12 bits per heavy atom. The van der Waals surface area contributed by atoms with Crippen LogP contribution in [0.5, 0.6) is 0 Å². The van der Waals surface area contributed by atoms with Crippen LogP contribution >= 0.6 is 0 Å². The van der Waals surface area contributed by atoms with Gasteiger partial charge in [0.05, 0.1) is 19.0 Å². The van der Waals surface area contributed by atoms with E-state index in [0.717, 1.165) is 12.8 Å². The Hall–Kier alpha value is -2.30. The minimum absolute atomic E-state index is 0.0373. The average Bonchev–Trinajstić information content (AvgIpc) is 3.37. The number of hydrogen-bond acceptors (Lipinski definition) is 8. The van der Waals surface area contributed by atoms with Gasteiger partial charge in [-0.15, -0.1) is 0 Å². The van der Waals surface area contributed by atoms with Crippen LogP contribution in [-0.4, -0.2) is 55.1 Å². The summed E-state index contributed by atoms with van der Waals surface area (Å²) in [6.07, 6.45) is 11.5. The molecule has 3 rings (SSSR count). The summed E-state index contributed by atoms with van der Waals surface area (Å²) in [5, 5.41) is 22.3. The van der Waals surface area contributed by atoms with E-state index in [9.17, 15) is 19.8 Å². The first-order chi connectivity index (χ1) is 16.0. The molecule has 0 bridgehead atoms. The summed E-state index contributed by atoms with van der Waals surface area (Å²) in [6.45, 7) is 2.50. The molecule has 0 saturated carbocycles. The monoisotopic (exact) mass is 463 g/mol. The molecule has 0 aromatic carbocycles. The smallest absolute Gasteiger partial charge is 0.301 e. The van der Waals surface area contributed by atoms with Gasteiger partial charge >= 0.3 is 5.56 Å². The molecule has 0 amide bonds. The van der Waals surface area contributed by atoms with Crippen LogP contribution < -0.4 is 16.4 Å². The van der Waals surface area contributed by atoms with E-state index in [1.165, 1.54) is 62.3 Å². The number of aliphatic hydroxyl groups is 2. The average molecular weight is 464 g/mol. The van der Waals surface area contributed by atoms with Crippen molar-refractivity contribution in [2.45, 2.75) is 96.0 Å². The van der Waals surface area contributed by atoms with E-state index >= 15 is 0 Å². The first-order valence-corrected chi connectivity index (χ1v) is 12.2. The van der Waals surface area contributed by atoms with Crippen LogP contribution in [0.3, 0.4) is 0 Å². The standard InChI is InChI=1S/C23H37N5O5/c1-2-3-4-5-6-7-8-9-10-11-12-24-23-26-21(31)19-20(22(32)27-23)28(15-25-19)18-13-16(30)17(14-29)33-18/h15-18,29-30H,2-14H2,1H3,(H2,24,26,27,31,32)/t16-,17+,18+/m0/s1. The zero-order valence-corrected chi connectivity index (χ0v) is 19.5. The van der Waals surface area contributed by atoms with Crippen molar-refractivity contribution in [3.63, 3.8) is 0 Å². The largest absolute Gasteiger partial charge is 0.394 e. The molecule has 2 aromatic rings. The number of rotatable bonds is 14. The van der Waals surface area contributed by atoms with Crippen molar-refractivity contribution in [2.75, 3.05) is 18.5 Å². The van der Waals surface area contributed by atoms with Gasteiger partial charge in [-0.2, -0.15) is 4.98 Å². The first-order valence-electron chi connectivity index (χ1n) is 12.2. The summed E-state index contributed by atoms with van der Waals surface area (Å²) < 4.78 is 7.03. The second-order valence-electron chi connectivity index (χ2n) is 8.79. The molecule has 1 aliphatic rings. The van der Waals surface area contributed by atoms with Gasteiger partial charge in [0.25, 0.3) is 5.56 Å². The number of ether oxygens (including phenoxy) is 1. The van der Waals surface area contributed by atoms with Crippen molar-refractivity contribution in [1.82, 2.24) is 19.5 Å². The molecule has 1 fully saturated rings. The predicted octanol–water partition coefficient (Wildman–Crippen LogP) is 2.45. The molecule has 0 aliphatic carbocycles. The number of aliphatic hydroxyl groups excluding tert-OH is 2. The summed E-state index contributed by atoms with van der Waals surface area (Å²) in [4.78, 5) is 36.0. The molecule has 10 heteroatoms. The van der Waals surface area contributed by atoms with E-state index in [-0.39, 0.29) is 30.0 Å². The Bertz CT molecular complexity index is 991. The number of H-pyrrole nitrogens is 1. The fourth-order valence-electron chi connectivity index (χ4n) is 4.26. The van der Waals surface area contributed by atoms with Crippen LogP contribution in [0.15, 0.2) is 15.9 Å². The molecule has 10 nitrogen and oxygen atoms in total. The normalized spacial score (nSPS) is 20.5. The van der Waals surface area contributed by atoms with E-state index < -0.39 is 29.6 Å². The number of fused-ring (bicyclic) bond motifs is 1. The number of unbranched alkanes of at least 4 members (excludes halogenated alkanes) is 9. The van der Waals surface area contributed by atoms with Crippen molar-refractivity contribution in [3.05, 3.63) is 27.0 Å². The third-order valence-corrected chi connectivity index (χ3v) is 6.17. The molecule has 184 valence electrons. The molecule has 1 aliphatic heterocycles. The molecular weight excluding hydrogens is 426 g/mol. The zero-order chi connectivity index (χ0) is 23.6. The van der Waals surface area contributed by atoms with Crippen LogP contribution in [0.1, 0.15) is 83.8 Å². The Balaban J connectivity index is 1.53.